The van der Waals surface area contributed by atoms with Crippen LogP contribution in [0.15, 0.2) is 4.99 Å². The highest BCUT2D eigenvalue weighted by molar-refractivity contribution is 5.79. The molecule has 146 valence electrons. The zero-order chi connectivity index (χ0) is 18.3. The van der Waals surface area contributed by atoms with Gasteiger partial charge in [0.15, 0.2) is 5.96 Å². The van der Waals surface area contributed by atoms with Gasteiger partial charge in [-0.3, -0.25) is 9.79 Å². The summed E-state index contributed by atoms with van der Waals surface area (Å²) < 4.78 is 10.6. The fraction of sp³-hybridized carbons (Fsp3) is 0.895. The molecule has 0 heterocycles. The van der Waals surface area contributed by atoms with Gasteiger partial charge in [0.25, 0.3) is 0 Å². The molecular formula is C19H37N3O3. The highest BCUT2D eigenvalue weighted by atomic mass is 16.5. The zero-order valence-corrected chi connectivity index (χ0v) is 16.4. The number of carbonyl (C=O) groups excluding carboxylic acids is 1. The van der Waals surface area contributed by atoms with Crippen LogP contribution in [-0.2, 0) is 14.3 Å². The van der Waals surface area contributed by atoms with Crippen LogP contribution in [0.25, 0.3) is 0 Å². The van der Waals surface area contributed by atoms with E-state index < -0.39 is 0 Å². The van der Waals surface area contributed by atoms with Crippen LogP contribution >= 0.6 is 0 Å². The molecule has 0 aromatic rings. The van der Waals surface area contributed by atoms with E-state index in [9.17, 15) is 4.79 Å². The molecule has 0 unspecified atom stereocenters. The fourth-order valence-electron chi connectivity index (χ4n) is 2.46. The van der Waals surface area contributed by atoms with Gasteiger partial charge in [-0.05, 0) is 45.4 Å². The predicted octanol–water partition coefficient (Wildman–Crippen LogP) is 2.82. The van der Waals surface area contributed by atoms with E-state index >= 15 is 0 Å². The first kappa shape index (κ1) is 21.7. The van der Waals surface area contributed by atoms with E-state index in [-0.39, 0.29) is 5.97 Å². The van der Waals surface area contributed by atoms with Crippen molar-refractivity contribution in [1.82, 2.24) is 10.2 Å². The molecule has 0 atom stereocenters. The average molecular weight is 356 g/mol. The maximum atomic E-state index is 11.2. The molecule has 6 nitrogen and oxygen atoms in total. The number of aliphatic imine (C=N–C) groups is 1. The summed E-state index contributed by atoms with van der Waals surface area (Å²) in [4.78, 5) is 18.1. The lowest BCUT2D eigenvalue weighted by Crippen LogP contribution is -2.40. The van der Waals surface area contributed by atoms with Gasteiger partial charge >= 0.3 is 5.97 Å². The molecule has 0 bridgehead atoms. The minimum Gasteiger partial charge on any atom is -0.466 e. The molecule has 6 heteroatoms. The Kier molecular flexibility index (Phi) is 12.1. The Morgan fingerprint density at radius 3 is 2.64 bits per heavy atom. The number of guanidine groups is 1. The van der Waals surface area contributed by atoms with Crippen LogP contribution in [0.2, 0.25) is 0 Å². The second kappa shape index (κ2) is 13.9. The Hall–Kier alpha value is -1.30. The van der Waals surface area contributed by atoms with Crippen molar-refractivity contribution >= 4 is 11.9 Å². The third-order valence-electron chi connectivity index (χ3n) is 4.17. The van der Waals surface area contributed by atoms with Gasteiger partial charge in [0.2, 0.25) is 0 Å². The van der Waals surface area contributed by atoms with Crippen molar-refractivity contribution in [1.29, 1.82) is 0 Å². The number of unbranched alkanes of at least 4 members (excludes halogenated alkanes) is 3. The lowest BCUT2D eigenvalue weighted by atomic mass is 10.1. The van der Waals surface area contributed by atoms with E-state index in [0.29, 0.717) is 13.0 Å². The van der Waals surface area contributed by atoms with Crippen LogP contribution in [0, 0.1) is 5.92 Å². The van der Waals surface area contributed by atoms with Crippen molar-refractivity contribution < 1.29 is 14.3 Å². The van der Waals surface area contributed by atoms with Crippen LogP contribution < -0.4 is 5.32 Å². The standard InChI is InChI=1S/C19H37N3O3/c1-4-20-19(22(3)14-15-24-16-17-11-12-17)21-13-9-7-6-8-10-18(23)25-5-2/h17H,4-16H2,1-3H3,(H,20,21). The zero-order valence-electron chi connectivity index (χ0n) is 16.4. The highest BCUT2D eigenvalue weighted by Gasteiger charge is 2.21. The van der Waals surface area contributed by atoms with E-state index in [2.05, 4.69) is 29.2 Å². The largest absolute Gasteiger partial charge is 0.466 e. The quantitative estimate of drug-likeness (QED) is 0.225. The number of nitrogens with zero attached hydrogens (tertiary/aromatic N) is 2. The molecule has 1 aliphatic carbocycles. The average Bonchev–Trinajstić information content (AvgIpc) is 3.41. The smallest absolute Gasteiger partial charge is 0.305 e. The minimum atomic E-state index is -0.0829. The molecule has 0 radical (unpaired) electrons. The van der Waals surface area contributed by atoms with Crippen molar-refractivity contribution in [2.75, 3.05) is 46.5 Å². The minimum absolute atomic E-state index is 0.0829. The second-order valence-electron chi connectivity index (χ2n) is 6.64. The summed E-state index contributed by atoms with van der Waals surface area (Å²) in [5, 5.41) is 3.33. The number of carbonyl (C=O) groups is 1. The summed E-state index contributed by atoms with van der Waals surface area (Å²) in [6, 6.07) is 0. The molecule has 0 aromatic heterocycles. The normalized spacial score (nSPS) is 14.4. The maximum absolute atomic E-state index is 11.2. The number of rotatable bonds is 14. The van der Waals surface area contributed by atoms with Gasteiger partial charge in [-0.25, -0.2) is 0 Å². The third kappa shape index (κ3) is 11.8. The van der Waals surface area contributed by atoms with E-state index in [0.717, 1.165) is 70.4 Å². The molecule has 0 aromatic carbocycles. The predicted molar refractivity (Wildman–Crippen MR) is 102 cm³/mol. The Labute approximate surface area is 153 Å². The third-order valence-corrected chi connectivity index (χ3v) is 4.17. The first-order valence-electron chi connectivity index (χ1n) is 9.90. The highest BCUT2D eigenvalue weighted by Crippen LogP contribution is 2.28. The summed E-state index contributed by atoms with van der Waals surface area (Å²) in [6.45, 7) is 8.60. The molecule has 0 spiro atoms. The summed E-state index contributed by atoms with van der Waals surface area (Å²) in [5.41, 5.74) is 0. The van der Waals surface area contributed by atoms with Crippen LogP contribution in [0.1, 0.15) is 58.8 Å². The molecule has 0 saturated heterocycles. The van der Waals surface area contributed by atoms with Crippen molar-refractivity contribution in [2.24, 2.45) is 10.9 Å². The lowest BCUT2D eigenvalue weighted by molar-refractivity contribution is -0.143. The van der Waals surface area contributed by atoms with Gasteiger partial charge in [-0.1, -0.05) is 12.8 Å². The topological polar surface area (TPSA) is 63.2 Å². The van der Waals surface area contributed by atoms with E-state index in [1.54, 1.807) is 0 Å². The summed E-state index contributed by atoms with van der Waals surface area (Å²) in [5.74, 6) is 1.68. The van der Waals surface area contributed by atoms with Crippen LogP contribution in [0.3, 0.4) is 0 Å². The molecule has 1 aliphatic rings. The van der Waals surface area contributed by atoms with Crippen LogP contribution in [-0.4, -0.2) is 63.3 Å². The first-order chi connectivity index (χ1) is 12.2. The van der Waals surface area contributed by atoms with Gasteiger partial charge in [0, 0.05) is 39.7 Å². The van der Waals surface area contributed by atoms with Crippen molar-refractivity contribution in [3.8, 4) is 0 Å². The van der Waals surface area contributed by atoms with Crippen molar-refractivity contribution in [2.45, 2.75) is 58.8 Å². The molecule has 0 aliphatic heterocycles. The van der Waals surface area contributed by atoms with Crippen molar-refractivity contribution in [3.05, 3.63) is 0 Å². The van der Waals surface area contributed by atoms with E-state index in [4.69, 9.17) is 9.47 Å². The van der Waals surface area contributed by atoms with Gasteiger partial charge in [0.05, 0.1) is 13.2 Å². The Balaban J connectivity index is 2.10. The van der Waals surface area contributed by atoms with E-state index in [1.807, 2.05) is 6.92 Å². The monoisotopic (exact) mass is 355 g/mol. The molecule has 25 heavy (non-hydrogen) atoms. The number of nitrogens with one attached hydrogen (secondary N) is 1. The molecule has 1 rings (SSSR count). The van der Waals surface area contributed by atoms with Crippen molar-refractivity contribution in [3.63, 3.8) is 0 Å². The summed E-state index contributed by atoms with van der Waals surface area (Å²) in [7, 11) is 2.06. The Morgan fingerprint density at radius 2 is 1.96 bits per heavy atom. The first-order valence-corrected chi connectivity index (χ1v) is 9.90. The fourth-order valence-corrected chi connectivity index (χ4v) is 2.46. The van der Waals surface area contributed by atoms with Gasteiger partial charge in [-0.2, -0.15) is 0 Å². The Bertz CT molecular complexity index is 384. The number of esters is 1. The Morgan fingerprint density at radius 1 is 1.20 bits per heavy atom. The van der Waals surface area contributed by atoms with Gasteiger partial charge < -0.3 is 19.7 Å². The molecule has 1 N–H and O–H groups in total. The number of hydrogen-bond donors (Lipinski definition) is 1. The molecular weight excluding hydrogens is 318 g/mol. The summed E-state index contributed by atoms with van der Waals surface area (Å²) in [6.07, 6.45) is 7.29. The number of likely N-dealkylation sites (N-methyl/N-ethyl adjacent to an activating group) is 1. The molecule has 1 saturated carbocycles. The molecule has 0 amide bonds. The maximum Gasteiger partial charge on any atom is 0.305 e. The SMILES string of the molecule is CCNC(=NCCCCCCC(=O)OCC)N(C)CCOCC1CC1. The summed E-state index contributed by atoms with van der Waals surface area (Å²) >= 11 is 0. The van der Waals surface area contributed by atoms with Crippen LogP contribution in [0.5, 0.6) is 0 Å². The van der Waals surface area contributed by atoms with Crippen LogP contribution in [0.4, 0.5) is 0 Å². The molecule has 1 fully saturated rings. The van der Waals surface area contributed by atoms with Gasteiger partial charge in [0.1, 0.15) is 0 Å². The number of ether oxygens (including phenoxy) is 2. The van der Waals surface area contributed by atoms with Gasteiger partial charge in [-0.15, -0.1) is 0 Å². The number of hydrogen-bond acceptors (Lipinski definition) is 4. The second-order valence-corrected chi connectivity index (χ2v) is 6.64. The van der Waals surface area contributed by atoms with E-state index in [1.165, 1.54) is 12.8 Å². The lowest BCUT2D eigenvalue weighted by Gasteiger charge is -2.22.